The highest BCUT2D eigenvalue weighted by molar-refractivity contribution is 5.85. The van der Waals surface area contributed by atoms with Gasteiger partial charge in [0.2, 0.25) is 0 Å². The molecule has 3 aromatic heterocycles. The highest BCUT2D eigenvalue weighted by atomic mass is 16.5. The van der Waals surface area contributed by atoms with Gasteiger partial charge in [-0.25, -0.2) is 4.68 Å². The molecule has 3 aromatic rings. The molecule has 0 atom stereocenters. The second-order valence-corrected chi connectivity index (χ2v) is 8.99. The molecule has 2 N–H and O–H groups in total. The van der Waals surface area contributed by atoms with E-state index >= 15 is 0 Å². The molecule has 8 heteroatoms. The lowest BCUT2D eigenvalue weighted by Crippen LogP contribution is -2.30. The summed E-state index contributed by atoms with van der Waals surface area (Å²) in [5.41, 5.74) is 7.94. The topological polar surface area (TPSA) is 95.0 Å². The van der Waals surface area contributed by atoms with Gasteiger partial charge in [-0.2, -0.15) is 15.1 Å². The van der Waals surface area contributed by atoms with Gasteiger partial charge in [0.05, 0.1) is 11.6 Å². The minimum atomic E-state index is 0.290. The van der Waals surface area contributed by atoms with Crippen molar-refractivity contribution in [1.82, 2.24) is 29.6 Å². The van der Waals surface area contributed by atoms with Gasteiger partial charge in [0.1, 0.15) is 12.4 Å². The third-order valence-electron chi connectivity index (χ3n) is 6.74. The van der Waals surface area contributed by atoms with Crippen LogP contribution in [0.2, 0.25) is 0 Å². The molecule has 1 saturated heterocycles. The van der Waals surface area contributed by atoms with E-state index in [0.29, 0.717) is 18.3 Å². The van der Waals surface area contributed by atoms with Crippen LogP contribution in [-0.4, -0.2) is 49.3 Å². The number of ether oxygens (including phenoxy) is 1. The maximum Gasteiger partial charge on any atom is 0.320 e. The van der Waals surface area contributed by atoms with Crippen molar-refractivity contribution >= 4 is 16.9 Å². The third-order valence-corrected chi connectivity index (χ3v) is 6.74. The summed E-state index contributed by atoms with van der Waals surface area (Å²) in [5.74, 6) is 1.90. The van der Waals surface area contributed by atoms with Gasteiger partial charge in [0, 0.05) is 25.5 Å². The Balaban J connectivity index is 1.22. The molecule has 164 valence electrons. The van der Waals surface area contributed by atoms with Gasteiger partial charge in [-0.05, 0) is 81.1 Å². The van der Waals surface area contributed by atoms with Gasteiger partial charge in [-0.1, -0.05) is 0 Å². The smallest absolute Gasteiger partial charge is 0.320 e. The minimum Gasteiger partial charge on any atom is -0.458 e. The van der Waals surface area contributed by atoms with Crippen molar-refractivity contribution in [2.75, 3.05) is 25.4 Å². The number of fused-ring (bicyclic) bond motifs is 1. The zero-order valence-electron chi connectivity index (χ0n) is 18.0. The maximum absolute atomic E-state index is 6.17. The molecule has 2 aliphatic rings. The number of anilines is 1. The highest BCUT2D eigenvalue weighted by Gasteiger charge is 2.25. The van der Waals surface area contributed by atoms with Crippen molar-refractivity contribution < 1.29 is 4.74 Å². The number of rotatable bonds is 7. The predicted octanol–water partition coefficient (Wildman–Crippen LogP) is 3.28. The molecule has 0 unspecified atom stereocenters. The fourth-order valence-corrected chi connectivity index (χ4v) is 4.95. The number of pyridine rings is 1. The molecule has 2 fully saturated rings. The van der Waals surface area contributed by atoms with Crippen LogP contribution in [0.3, 0.4) is 0 Å². The Bertz CT molecular complexity index is 992. The molecular weight excluding hydrogens is 390 g/mol. The Hall–Kier alpha value is -2.74. The van der Waals surface area contributed by atoms with E-state index in [1.807, 2.05) is 16.8 Å². The number of nitrogens with zero attached hydrogens (tertiary/aromatic N) is 6. The SMILES string of the molecule is Nc1nc(OCc2ccncc2)nc2c1cnn2C[C@H]1CC[C@H](CN2CCCC2)CC1. The van der Waals surface area contributed by atoms with Crippen molar-refractivity contribution in [3.05, 3.63) is 36.3 Å². The molecule has 1 aliphatic carbocycles. The van der Waals surface area contributed by atoms with Gasteiger partial charge >= 0.3 is 6.01 Å². The summed E-state index contributed by atoms with van der Waals surface area (Å²) in [7, 11) is 0. The Morgan fingerprint density at radius 1 is 0.968 bits per heavy atom. The highest BCUT2D eigenvalue weighted by Crippen LogP contribution is 2.32. The number of aromatic nitrogens is 5. The Labute approximate surface area is 182 Å². The summed E-state index contributed by atoms with van der Waals surface area (Å²) in [6, 6.07) is 4.11. The van der Waals surface area contributed by atoms with Crippen LogP contribution in [-0.2, 0) is 13.2 Å². The lowest BCUT2D eigenvalue weighted by molar-refractivity contribution is 0.192. The third kappa shape index (κ3) is 4.79. The zero-order chi connectivity index (χ0) is 21.0. The van der Waals surface area contributed by atoms with Crippen molar-refractivity contribution in [1.29, 1.82) is 0 Å². The van der Waals surface area contributed by atoms with Crippen LogP contribution in [0, 0.1) is 11.8 Å². The zero-order valence-corrected chi connectivity index (χ0v) is 18.0. The van der Waals surface area contributed by atoms with Crippen LogP contribution in [0.4, 0.5) is 5.82 Å². The van der Waals surface area contributed by atoms with E-state index in [9.17, 15) is 0 Å². The van der Waals surface area contributed by atoms with Gasteiger partial charge in [-0.3, -0.25) is 4.98 Å². The lowest BCUT2D eigenvalue weighted by atomic mass is 9.82. The standard InChI is InChI=1S/C23H31N7O/c24-21-20-13-26-30(15-18-5-3-17(4-6-18)14-29-11-1-2-12-29)22(20)28-23(27-21)31-16-19-7-9-25-10-8-19/h7-10,13,17-18H,1-6,11-12,14-16H2,(H2,24,27,28)/t17-,18-. The fraction of sp³-hybridized carbons (Fsp3) is 0.565. The van der Waals surface area contributed by atoms with E-state index in [1.165, 1.54) is 58.2 Å². The van der Waals surface area contributed by atoms with E-state index in [0.717, 1.165) is 29.1 Å². The maximum atomic E-state index is 6.17. The van der Waals surface area contributed by atoms with Gasteiger partial charge in [0.25, 0.3) is 0 Å². The second-order valence-electron chi connectivity index (χ2n) is 8.99. The summed E-state index contributed by atoms with van der Waals surface area (Å²) in [4.78, 5) is 15.6. The summed E-state index contributed by atoms with van der Waals surface area (Å²) < 4.78 is 7.78. The normalized spacial score (nSPS) is 22.2. The van der Waals surface area contributed by atoms with Gasteiger partial charge in [0.15, 0.2) is 5.65 Å². The average Bonchev–Trinajstić information content (AvgIpc) is 3.45. The van der Waals surface area contributed by atoms with Crippen LogP contribution >= 0.6 is 0 Å². The summed E-state index contributed by atoms with van der Waals surface area (Å²) in [6.07, 6.45) is 13.2. The lowest BCUT2D eigenvalue weighted by Gasteiger charge is -2.31. The summed E-state index contributed by atoms with van der Waals surface area (Å²) in [5, 5.41) is 5.36. The van der Waals surface area contributed by atoms with E-state index in [4.69, 9.17) is 10.5 Å². The molecular formula is C23H31N7O. The molecule has 1 aliphatic heterocycles. The molecule has 0 amide bonds. The van der Waals surface area contributed by atoms with E-state index in [2.05, 4.69) is 25.0 Å². The Morgan fingerprint density at radius 3 is 2.42 bits per heavy atom. The summed E-state index contributed by atoms with van der Waals surface area (Å²) in [6.45, 7) is 5.14. The molecule has 0 radical (unpaired) electrons. The van der Waals surface area contributed by atoms with Crippen molar-refractivity contribution in [3.8, 4) is 6.01 Å². The molecule has 0 spiro atoms. The molecule has 4 heterocycles. The number of likely N-dealkylation sites (tertiary alicyclic amines) is 1. The van der Waals surface area contributed by atoms with E-state index in [-0.39, 0.29) is 6.01 Å². The second kappa shape index (κ2) is 9.18. The average molecular weight is 422 g/mol. The Morgan fingerprint density at radius 2 is 1.68 bits per heavy atom. The molecule has 0 bridgehead atoms. The largest absolute Gasteiger partial charge is 0.458 e. The first kappa shape index (κ1) is 20.2. The van der Waals surface area contributed by atoms with Crippen LogP contribution in [0.5, 0.6) is 6.01 Å². The first-order valence-electron chi connectivity index (χ1n) is 11.5. The number of hydrogen-bond acceptors (Lipinski definition) is 7. The number of hydrogen-bond donors (Lipinski definition) is 1. The Kier molecular flexibility index (Phi) is 5.97. The molecule has 0 aromatic carbocycles. The van der Waals surface area contributed by atoms with Crippen LogP contribution in [0.15, 0.2) is 30.7 Å². The van der Waals surface area contributed by atoms with Crippen molar-refractivity contribution in [2.45, 2.75) is 51.7 Å². The first-order valence-corrected chi connectivity index (χ1v) is 11.5. The number of nitrogens with two attached hydrogens (primary N) is 1. The van der Waals surface area contributed by atoms with Gasteiger partial charge < -0.3 is 15.4 Å². The number of nitrogen functional groups attached to an aromatic ring is 1. The predicted molar refractivity (Wildman–Crippen MR) is 119 cm³/mol. The molecule has 5 rings (SSSR count). The monoisotopic (exact) mass is 421 g/mol. The van der Waals surface area contributed by atoms with Crippen molar-refractivity contribution in [3.63, 3.8) is 0 Å². The van der Waals surface area contributed by atoms with Crippen molar-refractivity contribution in [2.24, 2.45) is 11.8 Å². The fourth-order valence-electron chi connectivity index (χ4n) is 4.95. The summed E-state index contributed by atoms with van der Waals surface area (Å²) >= 11 is 0. The van der Waals surface area contributed by atoms with Crippen LogP contribution < -0.4 is 10.5 Å². The quantitative estimate of drug-likeness (QED) is 0.625. The minimum absolute atomic E-state index is 0.290. The van der Waals surface area contributed by atoms with Crippen LogP contribution in [0.1, 0.15) is 44.1 Å². The van der Waals surface area contributed by atoms with Crippen LogP contribution in [0.25, 0.3) is 11.0 Å². The molecule has 8 nitrogen and oxygen atoms in total. The molecule has 31 heavy (non-hydrogen) atoms. The van der Waals surface area contributed by atoms with E-state index in [1.54, 1.807) is 18.6 Å². The molecule has 1 saturated carbocycles. The van der Waals surface area contributed by atoms with Gasteiger partial charge in [-0.15, -0.1) is 0 Å². The van der Waals surface area contributed by atoms with E-state index < -0.39 is 0 Å². The first-order chi connectivity index (χ1) is 15.2.